The summed E-state index contributed by atoms with van der Waals surface area (Å²) in [6, 6.07) is 76.3. The van der Waals surface area contributed by atoms with Crippen LogP contribution in [0.5, 0.6) is 0 Å². The van der Waals surface area contributed by atoms with Gasteiger partial charge in [0.2, 0.25) is 0 Å². The first kappa shape index (κ1) is 35.4. The van der Waals surface area contributed by atoms with Crippen molar-refractivity contribution in [1.82, 2.24) is 4.57 Å². The van der Waals surface area contributed by atoms with E-state index in [-0.39, 0.29) is 0 Å². The van der Waals surface area contributed by atoms with Crippen LogP contribution in [0.4, 0.5) is 0 Å². The zero-order valence-electron chi connectivity index (χ0n) is 33.5. The van der Waals surface area contributed by atoms with Crippen LogP contribution in [0.15, 0.2) is 217 Å². The second kappa shape index (κ2) is 14.6. The second-order valence-electron chi connectivity index (χ2n) is 15.7. The third-order valence-electron chi connectivity index (χ3n) is 12.1. The fraction of sp³-hybridized carbons (Fsp3) is 0.0351. The predicted molar refractivity (Wildman–Crippen MR) is 249 cm³/mol. The number of hydrogen-bond acceptors (Lipinski definition) is 1. The van der Waals surface area contributed by atoms with E-state index < -0.39 is 0 Å². The van der Waals surface area contributed by atoms with Crippen molar-refractivity contribution in [3.63, 3.8) is 0 Å². The summed E-state index contributed by atoms with van der Waals surface area (Å²) in [6.45, 7) is 2.18. The van der Waals surface area contributed by atoms with Crippen LogP contribution in [0, 0.1) is 6.92 Å². The number of aryl methyl sites for hydroxylation is 2. The first-order valence-electron chi connectivity index (χ1n) is 20.6. The standard InChI is InChI=1S/C57H41N2O/c1-38-16-37-51-50-12-6-9-15-54(50)60-56(51)55(38)57-58(2)52-13-7-8-14-53(52)59(57)49-35-33-48(34-36-49)47-31-29-46(30-32-47)45-27-25-44(26-28-45)43-23-21-42(22-24-43)41-19-17-40(18-20-41)39-10-4-3-5-11-39/h3-37H,1-2H3/q+1. The number of nitrogens with zero attached hydrogens (tertiary/aromatic N) is 2. The highest BCUT2D eigenvalue weighted by Gasteiger charge is 2.30. The molecule has 0 spiro atoms. The molecule has 0 atom stereocenters. The molecule has 0 aliphatic rings. The summed E-state index contributed by atoms with van der Waals surface area (Å²) in [6.07, 6.45) is 0. The minimum Gasteiger partial charge on any atom is -0.455 e. The predicted octanol–water partition coefficient (Wildman–Crippen LogP) is 14.7. The molecule has 0 N–H and O–H groups in total. The van der Waals surface area contributed by atoms with Gasteiger partial charge in [0.05, 0.1) is 7.05 Å². The molecular weight excluding hydrogens is 729 g/mol. The van der Waals surface area contributed by atoms with E-state index in [1.54, 1.807) is 0 Å². The normalized spacial score (nSPS) is 11.5. The van der Waals surface area contributed by atoms with Crippen LogP contribution in [0.2, 0.25) is 0 Å². The number of rotatable bonds is 7. The number of aromatic nitrogens is 2. The molecule has 2 heterocycles. The molecule has 0 aliphatic heterocycles. The van der Waals surface area contributed by atoms with Crippen molar-refractivity contribution in [1.29, 1.82) is 0 Å². The van der Waals surface area contributed by atoms with Gasteiger partial charge in [0.25, 0.3) is 5.82 Å². The Kier molecular flexibility index (Phi) is 8.60. The van der Waals surface area contributed by atoms with Crippen LogP contribution < -0.4 is 4.57 Å². The second-order valence-corrected chi connectivity index (χ2v) is 15.7. The molecule has 11 aromatic rings. The average molecular weight is 770 g/mol. The van der Waals surface area contributed by atoms with Crippen molar-refractivity contribution in [2.45, 2.75) is 6.92 Å². The van der Waals surface area contributed by atoms with Crippen molar-refractivity contribution in [2.75, 3.05) is 0 Å². The van der Waals surface area contributed by atoms with Crippen molar-refractivity contribution in [3.8, 4) is 72.7 Å². The van der Waals surface area contributed by atoms with Gasteiger partial charge >= 0.3 is 0 Å². The summed E-state index contributed by atoms with van der Waals surface area (Å²) < 4.78 is 11.3. The lowest BCUT2D eigenvalue weighted by Gasteiger charge is -2.09. The summed E-state index contributed by atoms with van der Waals surface area (Å²) in [5.74, 6) is 1.09. The Morgan fingerprint density at radius 2 is 0.800 bits per heavy atom. The van der Waals surface area contributed by atoms with Crippen molar-refractivity contribution in [2.24, 2.45) is 7.05 Å². The van der Waals surface area contributed by atoms with Gasteiger partial charge in [-0.2, -0.15) is 4.57 Å². The Hall–Kier alpha value is -7.75. The molecule has 3 heteroatoms. The van der Waals surface area contributed by atoms with Gasteiger partial charge in [0, 0.05) is 10.8 Å². The molecule has 2 aromatic heterocycles. The molecule has 9 aromatic carbocycles. The Morgan fingerprint density at radius 1 is 0.383 bits per heavy atom. The minimum absolute atomic E-state index is 0.903. The summed E-state index contributed by atoms with van der Waals surface area (Å²) in [4.78, 5) is 0. The number of benzene rings is 9. The molecule has 0 amide bonds. The highest BCUT2D eigenvalue weighted by Crippen LogP contribution is 2.39. The van der Waals surface area contributed by atoms with Gasteiger partial charge < -0.3 is 4.42 Å². The van der Waals surface area contributed by atoms with Crippen molar-refractivity contribution >= 4 is 33.0 Å². The monoisotopic (exact) mass is 769 g/mol. The fourth-order valence-electron chi connectivity index (χ4n) is 8.88. The third kappa shape index (κ3) is 6.11. The molecule has 3 nitrogen and oxygen atoms in total. The largest absolute Gasteiger partial charge is 0.455 e. The summed E-state index contributed by atoms with van der Waals surface area (Å²) in [5, 5.41) is 2.26. The van der Waals surface area contributed by atoms with Gasteiger partial charge in [-0.15, -0.1) is 0 Å². The number of imidazole rings is 1. The molecule has 284 valence electrons. The summed E-state index contributed by atoms with van der Waals surface area (Å²) in [7, 11) is 2.16. The maximum Gasteiger partial charge on any atom is 0.298 e. The fourth-order valence-corrected chi connectivity index (χ4v) is 8.88. The van der Waals surface area contributed by atoms with E-state index in [0.717, 1.165) is 50.0 Å². The molecule has 0 saturated heterocycles. The van der Waals surface area contributed by atoms with Gasteiger partial charge in [-0.25, -0.2) is 4.57 Å². The van der Waals surface area contributed by atoms with E-state index >= 15 is 0 Å². The van der Waals surface area contributed by atoms with Gasteiger partial charge in [-0.05, 0) is 98.5 Å². The van der Waals surface area contributed by atoms with E-state index in [2.05, 4.69) is 229 Å². The molecular formula is C57H41N2O+. The topological polar surface area (TPSA) is 21.9 Å². The highest BCUT2D eigenvalue weighted by atomic mass is 16.3. The molecule has 0 bridgehead atoms. The molecule has 60 heavy (non-hydrogen) atoms. The zero-order chi connectivity index (χ0) is 40.2. The molecule has 0 aliphatic carbocycles. The van der Waals surface area contributed by atoms with Crippen molar-refractivity contribution < 1.29 is 8.98 Å². The maximum atomic E-state index is 6.61. The van der Waals surface area contributed by atoms with Crippen molar-refractivity contribution in [3.05, 3.63) is 218 Å². The van der Waals surface area contributed by atoms with Gasteiger partial charge in [-0.3, -0.25) is 0 Å². The van der Waals surface area contributed by atoms with Crippen LogP contribution in [0.3, 0.4) is 0 Å². The van der Waals surface area contributed by atoms with E-state index in [1.165, 1.54) is 61.2 Å². The Bertz CT molecular complexity index is 3320. The molecule has 11 rings (SSSR count). The van der Waals surface area contributed by atoms with Gasteiger partial charge in [-0.1, -0.05) is 182 Å². The maximum absolute atomic E-state index is 6.61. The number of hydrogen-bond donors (Lipinski definition) is 0. The zero-order valence-corrected chi connectivity index (χ0v) is 33.5. The molecule has 0 fully saturated rings. The van der Waals surface area contributed by atoms with E-state index in [4.69, 9.17) is 4.42 Å². The van der Waals surface area contributed by atoms with E-state index in [0.29, 0.717) is 0 Å². The quantitative estimate of drug-likeness (QED) is 0.148. The summed E-state index contributed by atoms with van der Waals surface area (Å²) in [5.41, 5.74) is 19.6. The Labute approximate surface area is 349 Å². The van der Waals surface area contributed by atoms with Crippen LogP contribution in [-0.4, -0.2) is 4.57 Å². The Morgan fingerprint density at radius 3 is 1.32 bits per heavy atom. The first-order chi connectivity index (χ1) is 29.6. The number of fused-ring (bicyclic) bond motifs is 4. The average Bonchev–Trinajstić information content (AvgIpc) is 3.84. The highest BCUT2D eigenvalue weighted by molar-refractivity contribution is 6.10. The minimum atomic E-state index is 0.903. The molecule has 0 radical (unpaired) electrons. The lowest BCUT2D eigenvalue weighted by molar-refractivity contribution is -0.633. The summed E-state index contributed by atoms with van der Waals surface area (Å²) >= 11 is 0. The SMILES string of the molecule is Cc1ccc2c(oc3ccccc32)c1-c1n(-c2ccc(-c3ccc(-c4ccc(-c5ccc(-c6ccc(-c7ccccc7)cc6)cc5)cc4)cc3)cc2)c2ccccc2[n+]1C. The van der Waals surface area contributed by atoms with E-state index in [9.17, 15) is 0 Å². The third-order valence-corrected chi connectivity index (χ3v) is 12.1. The lowest BCUT2D eigenvalue weighted by atomic mass is 9.96. The molecule has 0 saturated carbocycles. The van der Waals surface area contributed by atoms with Crippen LogP contribution in [0.25, 0.3) is 106 Å². The smallest absolute Gasteiger partial charge is 0.298 e. The number of para-hydroxylation sites is 3. The van der Waals surface area contributed by atoms with Gasteiger partial charge in [0.15, 0.2) is 16.6 Å². The van der Waals surface area contributed by atoms with E-state index in [1.807, 2.05) is 6.07 Å². The van der Waals surface area contributed by atoms with Crippen LogP contribution in [-0.2, 0) is 7.05 Å². The first-order valence-corrected chi connectivity index (χ1v) is 20.6. The van der Waals surface area contributed by atoms with Crippen LogP contribution >= 0.6 is 0 Å². The van der Waals surface area contributed by atoms with Crippen LogP contribution in [0.1, 0.15) is 5.56 Å². The van der Waals surface area contributed by atoms with Gasteiger partial charge in [0.1, 0.15) is 16.8 Å². The molecule has 0 unspecified atom stereocenters. The Balaban J connectivity index is 0.846. The number of furan rings is 1. The lowest BCUT2D eigenvalue weighted by Crippen LogP contribution is -2.30.